The lowest BCUT2D eigenvalue weighted by Crippen LogP contribution is -2.21. The van der Waals surface area contributed by atoms with Crippen molar-refractivity contribution in [2.75, 3.05) is 12.3 Å². The van der Waals surface area contributed by atoms with E-state index in [1.807, 2.05) is 0 Å². The van der Waals surface area contributed by atoms with Gasteiger partial charge in [-0.3, -0.25) is 0 Å². The second-order valence-corrected chi connectivity index (χ2v) is 3.29. The first-order chi connectivity index (χ1) is 7.06. The number of aliphatic hydroxyl groups excluding tert-OH is 3. The summed E-state index contributed by atoms with van der Waals surface area (Å²) >= 11 is 0. The lowest BCUT2D eigenvalue weighted by Gasteiger charge is -2.18. The maximum absolute atomic E-state index is 9.71. The van der Waals surface area contributed by atoms with Crippen LogP contribution >= 0.6 is 0 Å². The van der Waals surface area contributed by atoms with E-state index in [2.05, 4.69) is 9.97 Å². The van der Waals surface area contributed by atoms with Gasteiger partial charge in [0.25, 0.3) is 0 Å². The summed E-state index contributed by atoms with van der Waals surface area (Å²) in [6.07, 6.45) is -0.646. The lowest BCUT2D eigenvalue weighted by atomic mass is 10.0. The number of nitrogen functional groups attached to an aromatic ring is 1. The Morgan fingerprint density at radius 3 is 2.67 bits per heavy atom. The van der Waals surface area contributed by atoms with Gasteiger partial charge in [0.2, 0.25) is 5.95 Å². The van der Waals surface area contributed by atoms with Crippen molar-refractivity contribution in [3.8, 4) is 0 Å². The number of nitrogens with two attached hydrogens (primary N) is 1. The molecule has 0 amide bonds. The largest absolute Gasteiger partial charge is 0.396 e. The van der Waals surface area contributed by atoms with Crippen molar-refractivity contribution in [3.05, 3.63) is 17.5 Å². The summed E-state index contributed by atoms with van der Waals surface area (Å²) in [7, 11) is 0. The number of anilines is 1. The molecule has 1 aromatic rings. The first-order valence-corrected chi connectivity index (χ1v) is 4.62. The van der Waals surface area contributed by atoms with Crippen molar-refractivity contribution < 1.29 is 15.3 Å². The molecule has 0 aliphatic rings. The minimum absolute atomic E-state index is 0.102. The van der Waals surface area contributed by atoms with Crippen molar-refractivity contribution in [3.63, 3.8) is 0 Å². The van der Waals surface area contributed by atoms with Gasteiger partial charge >= 0.3 is 0 Å². The lowest BCUT2D eigenvalue weighted by molar-refractivity contribution is 0.00350. The van der Waals surface area contributed by atoms with Crippen molar-refractivity contribution in [2.24, 2.45) is 0 Å². The number of rotatable bonds is 4. The number of aryl methyl sites for hydroxylation is 1. The number of aromatic nitrogens is 2. The van der Waals surface area contributed by atoms with Gasteiger partial charge in [0.1, 0.15) is 6.10 Å². The minimum Gasteiger partial charge on any atom is -0.396 e. The van der Waals surface area contributed by atoms with Crippen LogP contribution in [0.4, 0.5) is 5.95 Å². The fourth-order valence-electron chi connectivity index (χ4n) is 1.28. The Morgan fingerprint density at radius 1 is 1.47 bits per heavy atom. The predicted octanol–water partition coefficient (Wildman–Crippen LogP) is -0.856. The van der Waals surface area contributed by atoms with Crippen molar-refractivity contribution in [1.29, 1.82) is 0 Å². The summed E-state index contributed by atoms with van der Waals surface area (Å²) in [5.41, 5.74) is 6.30. The van der Waals surface area contributed by atoms with Crippen LogP contribution in [0.25, 0.3) is 0 Å². The molecular weight excluding hydrogens is 198 g/mol. The fraction of sp³-hybridized carbons (Fsp3) is 0.556. The molecule has 1 heterocycles. The van der Waals surface area contributed by atoms with E-state index < -0.39 is 12.2 Å². The molecule has 5 N–H and O–H groups in total. The predicted molar refractivity (Wildman–Crippen MR) is 53.9 cm³/mol. The average Bonchev–Trinajstić information content (AvgIpc) is 2.17. The molecule has 6 nitrogen and oxygen atoms in total. The highest BCUT2D eigenvalue weighted by Crippen LogP contribution is 2.20. The van der Waals surface area contributed by atoms with Gasteiger partial charge in [0.15, 0.2) is 0 Å². The van der Waals surface area contributed by atoms with Crippen molar-refractivity contribution >= 4 is 5.95 Å². The molecular formula is C9H15N3O3. The molecule has 0 bridgehead atoms. The topological polar surface area (TPSA) is 112 Å². The Bertz CT molecular complexity index is 332. The zero-order valence-electron chi connectivity index (χ0n) is 8.46. The van der Waals surface area contributed by atoms with Crippen LogP contribution in [0.2, 0.25) is 0 Å². The molecule has 1 aromatic heterocycles. The number of hydrogen-bond acceptors (Lipinski definition) is 6. The van der Waals surface area contributed by atoms with Gasteiger partial charge in [-0.2, -0.15) is 0 Å². The number of hydrogen-bond donors (Lipinski definition) is 4. The van der Waals surface area contributed by atoms with Crippen LogP contribution < -0.4 is 5.73 Å². The van der Waals surface area contributed by atoms with E-state index in [1.165, 1.54) is 6.20 Å². The van der Waals surface area contributed by atoms with Gasteiger partial charge in [-0.1, -0.05) is 0 Å². The summed E-state index contributed by atoms with van der Waals surface area (Å²) in [5, 5.41) is 27.8. The highest BCUT2D eigenvalue weighted by atomic mass is 16.3. The number of nitrogens with zero attached hydrogens (tertiary/aromatic N) is 2. The van der Waals surface area contributed by atoms with Crippen LogP contribution in [0.1, 0.15) is 23.8 Å². The molecule has 0 fully saturated rings. The molecule has 2 unspecified atom stereocenters. The average molecular weight is 213 g/mol. The van der Waals surface area contributed by atoms with Crippen LogP contribution in [0.15, 0.2) is 6.20 Å². The van der Waals surface area contributed by atoms with E-state index in [0.717, 1.165) is 0 Å². The molecule has 0 aliphatic heterocycles. The first-order valence-electron chi connectivity index (χ1n) is 4.62. The molecule has 0 aliphatic carbocycles. The van der Waals surface area contributed by atoms with E-state index in [9.17, 15) is 10.2 Å². The summed E-state index contributed by atoms with van der Waals surface area (Å²) in [4.78, 5) is 7.61. The Kier molecular flexibility index (Phi) is 3.96. The Morgan fingerprint density at radius 2 is 2.13 bits per heavy atom. The maximum Gasteiger partial charge on any atom is 0.220 e. The fourth-order valence-corrected chi connectivity index (χ4v) is 1.28. The molecule has 84 valence electrons. The van der Waals surface area contributed by atoms with Crippen LogP contribution in [-0.2, 0) is 0 Å². The highest BCUT2D eigenvalue weighted by Gasteiger charge is 2.20. The standard InChI is InChI=1S/C9H15N3O3/c1-5-6(4-11-9(10)12-5)8(15)7(14)2-3-13/h4,7-8,13-15H,2-3H2,1H3,(H2,10,11,12). The zero-order chi connectivity index (χ0) is 11.4. The minimum atomic E-state index is -1.10. The third-order valence-electron chi connectivity index (χ3n) is 2.14. The van der Waals surface area contributed by atoms with Crippen LogP contribution in [0, 0.1) is 6.92 Å². The van der Waals surface area contributed by atoms with Gasteiger partial charge < -0.3 is 21.1 Å². The monoisotopic (exact) mass is 213 g/mol. The molecule has 0 saturated heterocycles. The zero-order valence-corrected chi connectivity index (χ0v) is 8.46. The summed E-state index contributed by atoms with van der Waals surface area (Å²) in [5.74, 6) is 0.125. The van der Waals surface area contributed by atoms with Crippen LogP contribution in [0.5, 0.6) is 0 Å². The normalized spacial score (nSPS) is 14.9. The van der Waals surface area contributed by atoms with E-state index >= 15 is 0 Å². The molecule has 0 saturated carbocycles. The van der Waals surface area contributed by atoms with Crippen molar-refractivity contribution in [2.45, 2.75) is 25.6 Å². The second kappa shape index (κ2) is 5.01. The summed E-state index contributed by atoms with van der Waals surface area (Å²) in [6.45, 7) is 1.48. The Labute approximate surface area is 87.4 Å². The van der Waals surface area contributed by atoms with Gasteiger partial charge in [-0.05, 0) is 13.3 Å². The molecule has 2 atom stereocenters. The van der Waals surface area contributed by atoms with Crippen LogP contribution in [0.3, 0.4) is 0 Å². The van der Waals surface area contributed by atoms with E-state index in [0.29, 0.717) is 11.3 Å². The molecule has 0 aromatic carbocycles. The van der Waals surface area contributed by atoms with Gasteiger partial charge in [-0.15, -0.1) is 0 Å². The van der Waals surface area contributed by atoms with Crippen molar-refractivity contribution in [1.82, 2.24) is 9.97 Å². The third kappa shape index (κ3) is 2.85. The molecule has 1 rings (SSSR count). The SMILES string of the molecule is Cc1nc(N)ncc1C(O)C(O)CCO. The van der Waals surface area contributed by atoms with Gasteiger partial charge in [0.05, 0.1) is 6.10 Å². The van der Waals surface area contributed by atoms with E-state index in [4.69, 9.17) is 10.8 Å². The maximum atomic E-state index is 9.71. The smallest absolute Gasteiger partial charge is 0.220 e. The summed E-state index contributed by atoms with van der Waals surface area (Å²) in [6, 6.07) is 0. The van der Waals surface area contributed by atoms with Crippen LogP contribution in [-0.4, -0.2) is 38.0 Å². The Hall–Kier alpha value is -1.24. The molecule has 0 radical (unpaired) electrons. The van der Waals surface area contributed by atoms with Gasteiger partial charge in [-0.25, -0.2) is 9.97 Å². The van der Waals surface area contributed by atoms with Gasteiger partial charge in [0, 0.05) is 24.1 Å². The Balaban J connectivity index is 2.86. The van der Waals surface area contributed by atoms with E-state index in [-0.39, 0.29) is 19.0 Å². The molecule has 6 heteroatoms. The second-order valence-electron chi connectivity index (χ2n) is 3.29. The third-order valence-corrected chi connectivity index (χ3v) is 2.14. The van der Waals surface area contributed by atoms with E-state index in [1.54, 1.807) is 6.92 Å². The summed E-state index contributed by atoms with van der Waals surface area (Å²) < 4.78 is 0. The first kappa shape index (κ1) is 11.8. The molecule has 0 spiro atoms. The number of aliphatic hydroxyl groups is 3. The quantitative estimate of drug-likeness (QED) is 0.518. The highest BCUT2D eigenvalue weighted by molar-refractivity contribution is 5.26. The molecule has 15 heavy (non-hydrogen) atoms.